The first kappa shape index (κ1) is 18.5. The van der Waals surface area contributed by atoms with E-state index in [0.717, 1.165) is 21.9 Å². The molecule has 1 N–H and O–H groups in total. The highest BCUT2D eigenvalue weighted by Crippen LogP contribution is 2.27. The molecule has 0 aliphatic carbocycles. The van der Waals surface area contributed by atoms with Gasteiger partial charge in [0.15, 0.2) is 0 Å². The summed E-state index contributed by atoms with van der Waals surface area (Å²) in [5, 5.41) is 7.58. The third-order valence-electron chi connectivity index (χ3n) is 3.87. The maximum atomic E-state index is 12.8. The highest BCUT2D eigenvalue weighted by Gasteiger charge is 2.15. The maximum absolute atomic E-state index is 12.8. The van der Waals surface area contributed by atoms with Crippen LogP contribution in [-0.2, 0) is 5.75 Å². The number of carbonyl (C=O) groups excluding carboxylic acids is 1. The number of hydrogen-bond donors (Lipinski definition) is 1. The molecule has 26 heavy (non-hydrogen) atoms. The Morgan fingerprint density at radius 1 is 1.23 bits per heavy atom. The van der Waals surface area contributed by atoms with Crippen molar-refractivity contribution in [1.29, 1.82) is 0 Å². The van der Waals surface area contributed by atoms with E-state index in [1.165, 1.54) is 0 Å². The van der Waals surface area contributed by atoms with Crippen LogP contribution in [0.3, 0.4) is 0 Å². The number of halogens is 1. The van der Waals surface area contributed by atoms with Crippen molar-refractivity contribution in [3.8, 4) is 0 Å². The first-order valence-corrected chi connectivity index (χ1v) is 9.59. The molecule has 1 atom stereocenters. The largest absolute Gasteiger partial charge is 0.360 e. The summed E-state index contributed by atoms with van der Waals surface area (Å²) in [6.07, 6.45) is 0. The highest BCUT2D eigenvalue weighted by molar-refractivity contribution is 7.98. The van der Waals surface area contributed by atoms with E-state index in [4.69, 9.17) is 16.1 Å². The smallest absolute Gasteiger partial charge is 0.252 e. The van der Waals surface area contributed by atoms with Crippen molar-refractivity contribution in [2.24, 2.45) is 0 Å². The van der Waals surface area contributed by atoms with E-state index in [2.05, 4.69) is 10.5 Å². The molecule has 0 radical (unpaired) electrons. The first-order chi connectivity index (χ1) is 12.5. The van der Waals surface area contributed by atoms with Gasteiger partial charge in [-0.25, -0.2) is 0 Å². The van der Waals surface area contributed by atoms with Crippen LogP contribution in [-0.4, -0.2) is 11.1 Å². The molecule has 6 heteroatoms. The van der Waals surface area contributed by atoms with E-state index < -0.39 is 0 Å². The van der Waals surface area contributed by atoms with Gasteiger partial charge in [-0.1, -0.05) is 41.0 Å². The molecule has 2 aromatic carbocycles. The van der Waals surface area contributed by atoms with E-state index in [1.54, 1.807) is 11.8 Å². The van der Waals surface area contributed by atoms with Crippen LogP contribution in [0.4, 0.5) is 0 Å². The van der Waals surface area contributed by atoms with E-state index in [1.807, 2.05) is 68.4 Å². The molecule has 0 aliphatic rings. The lowest BCUT2D eigenvalue weighted by Gasteiger charge is -2.16. The van der Waals surface area contributed by atoms with Gasteiger partial charge >= 0.3 is 0 Å². The molecular formula is C20H19ClN2O2S. The molecule has 0 bridgehead atoms. The average Bonchev–Trinajstić information content (AvgIpc) is 3.05. The SMILES string of the molecule is Cc1cc(CSc2ccccc2C(=O)NC(C)c2cccc(Cl)c2)on1. The van der Waals surface area contributed by atoms with Gasteiger partial charge in [0.1, 0.15) is 5.76 Å². The predicted octanol–water partition coefficient (Wildman–Crippen LogP) is 5.42. The van der Waals surface area contributed by atoms with Crippen molar-refractivity contribution in [1.82, 2.24) is 10.5 Å². The van der Waals surface area contributed by atoms with Crippen molar-refractivity contribution >= 4 is 29.3 Å². The van der Waals surface area contributed by atoms with Gasteiger partial charge in [-0.2, -0.15) is 0 Å². The second-order valence-electron chi connectivity index (χ2n) is 5.97. The number of aromatic nitrogens is 1. The molecule has 4 nitrogen and oxygen atoms in total. The summed E-state index contributed by atoms with van der Waals surface area (Å²) in [5.41, 5.74) is 2.46. The number of amides is 1. The molecule has 3 aromatic rings. The molecule has 0 saturated carbocycles. The van der Waals surface area contributed by atoms with Gasteiger partial charge in [-0.05, 0) is 43.7 Å². The van der Waals surface area contributed by atoms with Crippen LogP contribution in [0.1, 0.15) is 40.3 Å². The van der Waals surface area contributed by atoms with Gasteiger partial charge in [-0.15, -0.1) is 11.8 Å². The highest BCUT2D eigenvalue weighted by atomic mass is 35.5. The number of hydrogen-bond acceptors (Lipinski definition) is 4. The summed E-state index contributed by atoms with van der Waals surface area (Å²) in [5.74, 6) is 1.29. The minimum atomic E-state index is -0.142. The zero-order chi connectivity index (χ0) is 18.5. The monoisotopic (exact) mass is 386 g/mol. The molecule has 0 saturated heterocycles. The topological polar surface area (TPSA) is 55.1 Å². The molecule has 1 aromatic heterocycles. The van der Waals surface area contributed by atoms with E-state index in [9.17, 15) is 4.79 Å². The lowest BCUT2D eigenvalue weighted by atomic mass is 10.1. The van der Waals surface area contributed by atoms with Crippen LogP contribution in [0, 0.1) is 6.92 Å². The van der Waals surface area contributed by atoms with Crippen LogP contribution in [0.5, 0.6) is 0 Å². The first-order valence-electron chi connectivity index (χ1n) is 8.23. The number of nitrogens with zero attached hydrogens (tertiary/aromatic N) is 1. The Labute approximate surface area is 161 Å². The Balaban J connectivity index is 1.71. The van der Waals surface area contributed by atoms with E-state index in [-0.39, 0.29) is 11.9 Å². The molecule has 0 aliphatic heterocycles. The van der Waals surface area contributed by atoms with E-state index >= 15 is 0 Å². The molecule has 3 rings (SSSR count). The Bertz CT molecular complexity index is 910. The quantitative estimate of drug-likeness (QED) is 0.574. The number of carbonyl (C=O) groups is 1. The predicted molar refractivity (Wildman–Crippen MR) is 105 cm³/mol. The fraction of sp³-hybridized carbons (Fsp3) is 0.200. The van der Waals surface area contributed by atoms with Crippen molar-refractivity contribution in [2.45, 2.75) is 30.5 Å². The van der Waals surface area contributed by atoms with Crippen LogP contribution in [0.15, 0.2) is 64.0 Å². The molecule has 1 heterocycles. The fourth-order valence-corrected chi connectivity index (χ4v) is 3.67. The molecule has 0 fully saturated rings. The second kappa shape index (κ2) is 8.43. The summed E-state index contributed by atoms with van der Waals surface area (Å²) in [6, 6.07) is 16.8. The Morgan fingerprint density at radius 3 is 2.77 bits per heavy atom. The standard InChI is InChI=1S/C20H19ClN2O2S/c1-13-10-17(25-23-13)12-26-19-9-4-3-8-18(19)20(24)22-14(2)15-6-5-7-16(21)11-15/h3-11,14H,12H2,1-2H3,(H,22,24). The number of thioether (sulfide) groups is 1. The summed E-state index contributed by atoms with van der Waals surface area (Å²) < 4.78 is 5.24. The van der Waals surface area contributed by atoms with Crippen LogP contribution >= 0.6 is 23.4 Å². The molecule has 1 unspecified atom stereocenters. The normalized spacial score (nSPS) is 12.0. The second-order valence-corrected chi connectivity index (χ2v) is 7.42. The van der Waals surface area contributed by atoms with Crippen molar-refractivity contribution < 1.29 is 9.32 Å². The zero-order valence-electron chi connectivity index (χ0n) is 14.5. The lowest BCUT2D eigenvalue weighted by molar-refractivity contribution is 0.0937. The summed E-state index contributed by atoms with van der Waals surface area (Å²) >= 11 is 7.59. The zero-order valence-corrected chi connectivity index (χ0v) is 16.1. The van der Waals surface area contributed by atoms with Crippen molar-refractivity contribution in [3.05, 3.63) is 82.2 Å². The van der Waals surface area contributed by atoms with E-state index in [0.29, 0.717) is 16.3 Å². The van der Waals surface area contributed by atoms with Gasteiger partial charge in [0.2, 0.25) is 0 Å². The van der Waals surface area contributed by atoms with Gasteiger partial charge < -0.3 is 9.84 Å². The molecule has 0 spiro atoms. The Kier molecular flexibility index (Phi) is 6.01. The van der Waals surface area contributed by atoms with Gasteiger partial charge in [0.05, 0.1) is 23.1 Å². The van der Waals surface area contributed by atoms with Crippen LogP contribution in [0.2, 0.25) is 5.02 Å². The maximum Gasteiger partial charge on any atom is 0.252 e. The molecular weight excluding hydrogens is 368 g/mol. The minimum absolute atomic E-state index is 0.116. The molecule has 1 amide bonds. The third kappa shape index (κ3) is 4.68. The number of nitrogens with one attached hydrogen (secondary N) is 1. The fourth-order valence-electron chi connectivity index (χ4n) is 2.55. The van der Waals surface area contributed by atoms with Gasteiger partial charge in [0.25, 0.3) is 5.91 Å². The van der Waals surface area contributed by atoms with Crippen molar-refractivity contribution in [2.75, 3.05) is 0 Å². The number of rotatable bonds is 6. The average molecular weight is 387 g/mol. The van der Waals surface area contributed by atoms with Crippen LogP contribution in [0.25, 0.3) is 0 Å². The summed E-state index contributed by atoms with van der Waals surface area (Å²) in [6.45, 7) is 3.83. The lowest BCUT2D eigenvalue weighted by Crippen LogP contribution is -2.27. The molecule has 134 valence electrons. The Hall–Kier alpha value is -2.24. The number of aryl methyl sites for hydroxylation is 1. The summed E-state index contributed by atoms with van der Waals surface area (Å²) in [4.78, 5) is 13.7. The summed E-state index contributed by atoms with van der Waals surface area (Å²) in [7, 11) is 0. The number of benzene rings is 2. The van der Waals surface area contributed by atoms with Gasteiger partial charge in [0, 0.05) is 16.0 Å². The van der Waals surface area contributed by atoms with Crippen molar-refractivity contribution in [3.63, 3.8) is 0 Å². The Morgan fingerprint density at radius 2 is 2.04 bits per heavy atom. The third-order valence-corrected chi connectivity index (χ3v) is 5.21. The van der Waals surface area contributed by atoms with Gasteiger partial charge in [-0.3, -0.25) is 4.79 Å². The minimum Gasteiger partial charge on any atom is -0.360 e. The van der Waals surface area contributed by atoms with Crippen LogP contribution < -0.4 is 5.32 Å².